The summed E-state index contributed by atoms with van der Waals surface area (Å²) < 4.78 is 6.95. The van der Waals surface area contributed by atoms with Crippen LogP contribution in [0.2, 0.25) is 0 Å². The molecule has 0 aliphatic rings. The molecule has 0 saturated carbocycles. The number of para-hydroxylation sites is 1. The fraction of sp³-hybridized carbons (Fsp3) is 0.273. The molecule has 151 valence electrons. The van der Waals surface area contributed by atoms with Crippen LogP contribution in [0.15, 0.2) is 59.4 Å². The molecule has 3 aromatic rings. The summed E-state index contributed by atoms with van der Waals surface area (Å²) in [6, 6.07) is 14.7. The summed E-state index contributed by atoms with van der Waals surface area (Å²) in [5.74, 6) is 1.51. The van der Waals surface area contributed by atoms with Gasteiger partial charge in [-0.3, -0.25) is 4.79 Å². The van der Waals surface area contributed by atoms with Crippen LogP contribution in [0.1, 0.15) is 27.7 Å². The number of aliphatic hydroxyl groups excluding tert-OH is 1. The summed E-state index contributed by atoms with van der Waals surface area (Å²) in [5.41, 5.74) is 0. The molecule has 1 radical (unpaired) electrons. The van der Waals surface area contributed by atoms with Crippen molar-refractivity contribution in [3.8, 4) is 11.6 Å². The number of ether oxygens (including phenoxy) is 1. The van der Waals surface area contributed by atoms with E-state index in [2.05, 4.69) is 22.1 Å². The molecule has 0 aliphatic heterocycles. The van der Waals surface area contributed by atoms with Crippen LogP contribution >= 0.6 is 0 Å². The molecule has 0 unspecified atom stereocenters. The Morgan fingerprint density at radius 2 is 1.96 bits per heavy atom. The molecule has 0 bridgehead atoms. The van der Waals surface area contributed by atoms with E-state index >= 15 is 0 Å². The summed E-state index contributed by atoms with van der Waals surface area (Å²) in [6.45, 7) is 7.32. The average Bonchev–Trinajstić information content (AvgIpc) is 3.10. The number of benzene rings is 1. The van der Waals surface area contributed by atoms with Gasteiger partial charge in [0.25, 0.3) is 0 Å². The van der Waals surface area contributed by atoms with Gasteiger partial charge in [0.05, 0.1) is 5.76 Å². The molecule has 2 aromatic heterocycles. The van der Waals surface area contributed by atoms with E-state index in [4.69, 9.17) is 4.74 Å². The molecule has 3 rings (SSSR count). The fourth-order valence-electron chi connectivity index (χ4n) is 1.93. The fourth-order valence-corrected chi connectivity index (χ4v) is 3.58. The van der Waals surface area contributed by atoms with Crippen molar-refractivity contribution in [3.63, 3.8) is 0 Å². The summed E-state index contributed by atoms with van der Waals surface area (Å²) >= 11 is 0.427. The molecule has 1 aromatic carbocycles. The third-order valence-electron chi connectivity index (χ3n) is 3.66. The summed E-state index contributed by atoms with van der Waals surface area (Å²) in [5, 5.41) is 10.4. The van der Waals surface area contributed by atoms with Gasteiger partial charge in [-0.25, -0.2) is 0 Å². The number of ketones is 1. The van der Waals surface area contributed by atoms with Crippen molar-refractivity contribution in [2.24, 2.45) is 11.8 Å². The second kappa shape index (κ2) is 12.0. The van der Waals surface area contributed by atoms with Crippen LogP contribution in [0.4, 0.5) is 0 Å². The molecule has 1 N–H and O–H groups in total. The molecule has 0 aliphatic carbocycles. The normalized spacial score (nSPS) is 11.0. The first-order chi connectivity index (χ1) is 12.9. The minimum atomic E-state index is -0.0316. The Morgan fingerprint density at radius 3 is 2.57 bits per heavy atom. The van der Waals surface area contributed by atoms with Gasteiger partial charge >= 0.3 is 99.1 Å². The Morgan fingerprint density at radius 1 is 1.21 bits per heavy atom. The topological polar surface area (TPSA) is 59.4 Å². The maximum atomic E-state index is 11.0. The zero-order valence-electron chi connectivity index (χ0n) is 16.3. The first kappa shape index (κ1) is 24.3. The van der Waals surface area contributed by atoms with Crippen LogP contribution < -0.4 is 4.74 Å². The molecule has 4 nitrogen and oxygen atoms in total. The molecule has 6 heteroatoms. The van der Waals surface area contributed by atoms with Crippen molar-refractivity contribution in [1.29, 1.82) is 0 Å². The van der Waals surface area contributed by atoms with Crippen LogP contribution in [-0.4, -0.2) is 30.4 Å². The van der Waals surface area contributed by atoms with Crippen molar-refractivity contribution in [1.82, 2.24) is 4.98 Å². The van der Waals surface area contributed by atoms with Gasteiger partial charge < -0.3 is 5.11 Å². The predicted molar refractivity (Wildman–Crippen MR) is 109 cm³/mol. The zero-order valence-corrected chi connectivity index (χ0v) is 20.4. The van der Waals surface area contributed by atoms with Gasteiger partial charge in [-0.15, -0.1) is 0 Å². The SMILES string of the molecule is CC(C)C(=O)/C=C(\O)C(C)C.[Ir].[c-]1ccccc1Oc1cc2[se]ccc2cn1. The van der Waals surface area contributed by atoms with Crippen molar-refractivity contribution >= 4 is 29.9 Å². The third kappa shape index (κ3) is 7.73. The summed E-state index contributed by atoms with van der Waals surface area (Å²) in [7, 11) is 0. The number of hydrogen-bond acceptors (Lipinski definition) is 4. The standard InChI is InChI=1S/C13H8NOSe.C9H16O2.Ir/c1-2-4-11(5-3-1)15-13-8-12-10(9-14-13)6-7-16-12;1-6(2)8(10)5-9(11)7(3)4;/h1-4,6-9H;5-7,10H,1-4H3;/q-1;;/b;8-5-;. The van der Waals surface area contributed by atoms with Crippen LogP contribution in [-0.2, 0) is 24.9 Å². The Hall–Kier alpha value is -1.71. The van der Waals surface area contributed by atoms with Crippen LogP contribution in [0.3, 0.4) is 0 Å². The van der Waals surface area contributed by atoms with E-state index in [9.17, 15) is 9.90 Å². The van der Waals surface area contributed by atoms with Gasteiger partial charge in [-0.1, -0.05) is 27.7 Å². The number of carbonyl (C=O) groups excluding carboxylic acids is 1. The number of allylic oxidation sites excluding steroid dienone is 2. The molecular formula is C22H24IrNO3Se-. The second-order valence-corrected chi connectivity index (χ2v) is 8.58. The van der Waals surface area contributed by atoms with E-state index in [1.807, 2.05) is 64.2 Å². The predicted octanol–water partition coefficient (Wildman–Crippen LogP) is 5.19. The average molecular weight is 622 g/mol. The summed E-state index contributed by atoms with van der Waals surface area (Å²) in [4.78, 5) is 17.5. The first-order valence-electron chi connectivity index (χ1n) is 8.79. The van der Waals surface area contributed by atoms with Crippen molar-refractivity contribution in [2.45, 2.75) is 27.7 Å². The van der Waals surface area contributed by atoms with Crippen LogP contribution in [0, 0.1) is 17.9 Å². The molecule has 0 amide bonds. The summed E-state index contributed by atoms with van der Waals surface area (Å²) in [6.07, 6.45) is 3.17. The molecule has 28 heavy (non-hydrogen) atoms. The minimum absolute atomic E-state index is 0. The number of aromatic nitrogens is 1. The number of rotatable bonds is 5. The van der Waals surface area contributed by atoms with E-state index in [1.165, 1.54) is 15.7 Å². The quantitative estimate of drug-likeness (QED) is 0.185. The van der Waals surface area contributed by atoms with Crippen LogP contribution in [0.5, 0.6) is 11.6 Å². The van der Waals surface area contributed by atoms with E-state index in [1.54, 1.807) is 0 Å². The third-order valence-corrected chi connectivity index (χ3v) is 5.50. The number of pyridine rings is 1. The maximum absolute atomic E-state index is 11.0. The number of aliphatic hydroxyl groups is 1. The number of fused-ring (bicyclic) bond motifs is 1. The Bertz CT molecular complexity index is 904. The van der Waals surface area contributed by atoms with E-state index in [-0.39, 0.29) is 43.5 Å². The van der Waals surface area contributed by atoms with Gasteiger partial charge in [-0.2, -0.15) is 0 Å². The second-order valence-electron chi connectivity index (χ2n) is 6.59. The first-order valence-corrected chi connectivity index (χ1v) is 10.6. The molecular weight excluding hydrogens is 597 g/mol. The van der Waals surface area contributed by atoms with Gasteiger partial charge in [0, 0.05) is 38.0 Å². The Labute approximate surface area is 185 Å². The van der Waals surface area contributed by atoms with E-state index in [0.29, 0.717) is 26.1 Å². The van der Waals surface area contributed by atoms with E-state index < -0.39 is 0 Å². The molecule has 0 spiro atoms. The zero-order chi connectivity index (χ0) is 19.8. The van der Waals surface area contributed by atoms with Gasteiger partial charge in [0.15, 0.2) is 5.78 Å². The Kier molecular flexibility index (Phi) is 10.4. The number of hydrogen-bond donors (Lipinski definition) is 1. The number of nitrogens with zero attached hydrogens (tertiary/aromatic N) is 1. The Balaban J connectivity index is 0.000000292. The van der Waals surface area contributed by atoms with Gasteiger partial charge in [0.1, 0.15) is 0 Å². The molecule has 0 atom stereocenters. The van der Waals surface area contributed by atoms with Gasteiger partial charge in [-0.05, 0) is 0 Å². The molecule has 0 saturated heterocycles. The van der Waals surface area contributed by atoms with Crippen molar-refractivity contribution in [3.05, 3.63) is 65.4 Å². The van der Waals surface area contributed by atoms with Crippen molar-refractivity contribution < 1.29 is 34.7 Å². The van der Waals surface area contributed by atoms with Gasteiger partial charge in [0.2, 0.25) is 0 Å². The molecule has 2 heterocycles. The molecule has 0 fully saturated rings. The van der Waals surface area contributed by atoms with Crippen LogP contribution in [0.25, 0.3) is 9.65 Å². The van der Waals surface area contributed by atoms with E-state index in [0.717, 1.165) is 0 Å². The van der Waals surface area contributed by atoms with Crippen molar-refractivity contribution in [2.75, 3.05) is 0 Å². The number of carbonyl (C=O) groups is 1. The monoisotopic (exact) mass is 623 g/mol.